The zero-order valence-corrected chi connectivity index (χ0v) is 22.9. The number of hydrogen-bond acceptors (Lipinski definition) is 4. The van der Waals surface area contributed by atoms with Gasteiger partial charge in [0.2, 0.25) is 5.91 Å². The average Bonchev–Trinajstić information content (AvgIpc) is 3.40. The highest BCUT2D eigenvalue weighted by molar-refractivity contribution is 7.80. The summed E-state index contributed by atoms with van der Waals surface area (Å²) in [5, 5.41) is 17.7. The number of nitrogens with one attached hydrogen (secondary N) is 2. The van der Waals surface area contributed by atoms with Crippen LogP contribution in [0.25, 0.3) is 5.69 Å². The van der Waals surface area contributed by atoms with E-state index in [1.807, 2.05) is 41.5 Å². The fourth-order valence-corrected chi connectivity index (χ4v) is 5.61. The number of aromatic nitrogens is 2. The fraction of sp³-hybridized carbons (Fsp3) is 0.207. The number of para-hydroxylation sites is 1. The van der Waals surface area contributed by atoms with E-state index in [-0.39, 0.29) is 35.8 Å². The van der Waals surface area contributed by atoms with Crippen LogP contribution in [-0.2, 0) is 4.79 Å². The van der Waals surface area contributed by atoms with Gasteiger partial charge in [-0.1, -0.05) is 29.8 Å². The minimum absolute atomic E-state index is 0.0927. The van der Waals surface area contributed by atoms with E-state index in [1.165, 1.54) is 12.1 Å². The summed E-state index contributed by atoms with van der Waals surface area (Å²) in [5.74, 6) is -0.706. The van der Waals surface area contributed by atoms with E-state index in [0.29, 0.717) is 22.4 Å². The summed E-state index contributed by atoms with van der Waals surface area (Å²) >= 11 is 12.0. The average molecular weight is 564 g/mol. The lowest BCUT2D eigenvalue weighted by Crippen LogP contribution is -2.33. The van der Waals surface area contributed by atoms with Crippen LogP contribution in [-0.4, -0.2) is 37.1 Å². The largest absolute Gasteiger partial charge is 0.506 e. The summed E-state index contributed by atoms with van der Waals surface area (Å²) in [5.41, 5.74) is 4.26. The van der Waals surface area contributed by atoms with Crippen LogP contribution in [0.5, 0.6) is 5.75 Å². The molecule has 0 unspecified atom stereocenters. The number of benzene rings is 2. The smallest absolute Gasteiger partial charge is 0.226 e. The molecule has 1 aliphatic heterocycles. The highest BCUT2D eigenvalue weighted by Gasteiger charge is 2.41. The van der Waals surface area contributed by atoms with Gasteiger partial charge in [-0.3, -0.25) is 9.78 Å². The Bertz CT molecular complexity index is 1540. The second-order valence-corrected chi connectivity index (χ2v) is 10.2. The lowest BCUT2D eigenvalue weighted by molar-refractivity contribution is -0.116. The van der Waals surface area contributed by atoms with Crippen LogP contribution in [0.1, 0.15) is 41.1 Å². The van der Waals surface area contributed by atoms with Crippen LogP contribution < -0.4 is 10.6 Å². The van der Waals surface area contributed by atoms with Gasteiger partial charge >= 0.3 is 0 Å². The Morgan fingerprint density at radius 1 is 1.15 bits per heavy atom. The number of nitrogens with zero attached hydrogens (tertiary/aromatic N) is 3. The third kappa shape index (κ3) is 5.32. The zero-order valence-electron chi connectivity index (χ0n) is 21.4. The van der Waals surface area contributed by atoms with Gasteiger partial charge in [0, 0.05) is 35.6 Å². The van der Waals surface area contributed by atoms with Crippen molar-refractivity contribution in [2.24, 2.45) is 0 Å². The van der Waals surface area contributed by atoms with Crippen molar-refractivity contribution in [2.45, 2.75) is 32.4 Å². The Kier molecular flexibility index (Phi) is 7.54. The molecule has 0 saturated carbocycles. The molecule has 1 saturated heterocycles. The monoisotopic (exact) mass is 563 g/mol. The number of aromatic hydroxyl groups is 1. The Hall–Kier alpha value is -3.95. The number of phenols is 1. The summed E-state index contributed by atoms with van der Waals surface area (Å²) in [6.07, 6.45) is 1.82. The molecule has 2 atom stereocenters. The van der Waals surface area contributed by atoms with Gasteiger partial charge in [-0.15, -0.1) is 0 Å². The summed E-state index contributed by atoms with van der Waals surface area (Å²) < 4.78 is 16.0. The van der Waals surface area contributed by atoms with E-state index in [9.17, 15) is 14.3 Å². The molecule has 1 aliphatic rings. The first-order valence-electron chi connectivity index (χ1n) is 12.4. The predicted molar refractivity (Wildman–Crippen MR) is 154 cm³/mol. The molecule has 0 spiro atoms. The van der Waals surface area contributed by atoms with Gasteiger partial charge in [-0.25, -0.2) is 4.39 Å². The SMILES string of the molecule is Cc1cc([C@@H]2[C@H](c3ccccn3)NC(=S)N2CCC(=O)Nc2ccccc2F)c(C)n1-c1cc(Cl)ccc1O. The second-order valence-electron chi connectivity index (χ2n) is 9.39. The van der Waals surface area contributed by atoms with E-state index in [1.54, 1.807) is 36.5 Å². The van der Waals surface area contributed by atoms with Crippen molar-refractivity contribution in [3.8, 4) is 11.4 Å². The van der Waals surface area contributed by atoms with Crippen molar-refractivity contribution < 1.29 is 14.3 Å². The van der Waals surface area contributed by atoms with E-state index >= 15 is 0 Å². The molecule has 200 valence electrons. The molecule has 10 heteroatoms. The number of pyridine rings is 1. The molecule has 4 aromatic rings. The Balaban J connectivity index is 1.50. The molecule has 1 amide bonds. The van der Waals surface area contributed by atoms with Crippen molar-refractivity contribution in [1.29, 1.82) is 0 Å². The van der Waals surface area contributed by atoms with Crippen molar-refractivity contribution in [3.05, 3.63) is 106 Å². The van der Waals surface area contributed by atoms with E-state index < -0.39 is 5.82 Å². The van der Waals surface area contributed by atoms with E-state index in [2.05, 4.69) is 21.7 Å². The van der Waals surface area contributed by atoms with Crippen LogP contribution in [0, 0.1) is 19.7 Å². The molecule has 2 aromatic carbocycles. The normalized spacial score (nSPS) is 16.8. The molecule has 0 radical (unpaired) electrons. The van der Waals surface area contributed by atoms with Crippen LogP contribution in [0.15, 0.2) is 72.9 Å². The third-order valence-electron chi connectivity index (χ3n) is 6.89. The molecule has 0 bridgehead atoms. The van der Waals surface area contributed by atoms with Crippen molar-refractivity contribution in [2.75, 3.05) is 11.9 Å². The topological polar surface area (TPSA) is 82.4 Å². The first kappa shape index (κ1) is 26.6. The molecule has 3 N–H and O–H groups in total. The predicted octanol–water partition coefficient (Wildman–Crippen LogP) is 5.99. The highest BCUT2D eigenvalue weighted by atomic mass is 35.5. The van der Waals surface area contributed by atoms with Crippen molar-refractivity contribution in [3.63, 3.8) is 0 Å². The minimum atomic E-state index is -0.492. The van der Waals surface area contributed by atoms with Crippen molar-refractivity contribution in [1.82, 2.24) is 19.8 Å². The molecular weight excluding hydrogens is 537 g/mol. The number of carbonyl (C=O) groups excluding carboxylic acids is 1. The summed E-state index contributed by atoms with van der Waals surface area (Å²) in [6.45, 7) is 4.23. The number of halogens is 2. The zero-order chi connectivity index (χ0) is 27.7. The molecule has 0 aliphatic carbocycles. The van der Waals surface area contributed by atoms with Gasteiger partial charge in [0.15, 0.2) is 5.11 Å². The third-order valence-corrected chi connectivity index (χ3v) is 7.48. The number of hydrogen-bond donors (Lipinski definition) is 3. The van der Waals surface area contributed by atoms with E-state index in [0.717, 1.165) is 22.6 Å². The number of phenolic OH excluding ortho intramolecular Hbond substituents is 1. The van der Waals surface area contributed by atoms with Gasteiger partial charge in [-0.2, -0.15) is 0 Å². The Morgan fingerprint density at radius 3 is 2.67 bits per heavy atom. The van der Waals surface area contributed by atoms with Crippen LogP contribution in [0.3, 0.4) is 0 Å². The first-order valence-corrected chi connectivity index (χ1v) is 13.2. The number of thiocarbonyl (C=S) groups is 1. The van der Waals surface area contributed by atoms with Crippen LogP contribution >= 0.6 is 23.8 Å². The minimum Gasteiger partial charge on any atom is -0.506 e. The number of carbonyl (C=O) groups is 1. The summed E-state index contributed by atoms with van der Waals surface area (Å²) in [4.78, 5) is 19.3. The number of anilines is 1. The van der Waals surface area contributed by atoms with Crippen molar-refractivity contribution >= 4 is 40.5 Å². The fourth-order valence-electron chi connectivity index (χ4n) is 5.12. The number of aryl methyl sites for hydroxylation is 1. The summed E-state index contributed by atoms with van der Waals surface area (Å²) in [6, 6.07) is 18.2. The Morgan fingerprint density at radius 2 is 1.92 bits per heavy atom. The van der Waals surface area contributed by atoms with Crippen LogP contribution in [0.2, 0.25) is 5.02 Å². The number of rotatable bonds is 7. The molecule has 2 aromatic heterocycles. The highest BCUT2D eigenvalue weighted by Crippen LogP contribution is 2.42. The van der Waals surface area contributed by atoms with Gasteiger partial charge in [0.1, 0.15) is 11.6 Å². The molecule has 7 nitrogen and oxygen atoms in total. The number of amides is 1. The van der Waals surface area contributed by atoms with E-state index in [4.69, 9.17) is 23.8 Å². The molecular formula is C29H27ClFN5O2S. The molecule has 3 heterocycles. The lowest BCUT2D eigenvalue weighted by Gasteiger charge is -2.28. The van der Waals surface area contributed by atoms with Gasteiger partial charge in [0.05, 0.1) is 29.2 Å². The maximum atomic E-state index is 14.1. The van der Waals surface area contributed by atoms with Gasteiger partial charge < -0.3 is 25.2 Å². The van der Waals surface area contributed by atoms with Gasteiger partial charge in [-0.05, 0) is 80.2 Å². The molecule has 39 heavy (non-hydrogen) atoms. The standard InChI is InChI=1S/C29H27ClFN5O2S/c1-17-15-20(18(2)36(17)24-16-19(30)10-11-25(24)37)28-27(23-9-5-6-13-32-23)34-29(39)35(28)14-12-26(38)33-22-8-4-3-7-21(22)31/h3-11,13,15-16,27-28,37H,12,14H2,1-2H3,(H,33,38)(H,34,39)/t27-,28+/m0/s1. The molecule has 5 rings (SSSR count). The first-order chi connectivity index (χ1) is 18.7. The maximum absolute atomic E-state index is 14.1. The second kappa shape index (κ2) is 11.0. The Labute approximate surface area is 236 Å². The summed E-state index contributed by atoms with van der Waals surface area (Å²) in [7, 11) is 0. The lowest BCUT2D eigenvalue weighted by atomic mass is 9.96. The molecule has 1 fully saturated rings. The van der Waals surface area contributed by atoms with Gasteiger partial charge in [0.25, 0.3) is 0 Å². The quantitative estimate of drug-likeness (QED) is 0.240. The maximum Gasteiger partial charge on any atom is 0.226 e. The van der Waals surface area contributed by atoms with Crippen LogP contribution in [0.4, 0.5) is 10.1 Å².